The first kappa shape index (κ1) is 22.1. The molecule has 0 amide bonds. The number of hydrogen-bond acceptors (Lipinski definition) is 7. The number of anilines is 1. The van der Waals surface area contributed by atoms with Crippen molar-refractivity contribution in [1.29, 1.82) is 0 Å². The number of rotatable bonds is 5. The van der Waals surface area contributed by atoms with E-state index in [1.54, 1.807) is 18.3 Å². The standard InChI is InChI=1S/C25H26F2N6O2/c1-32-12-18(26)17(10-23(32)35)13-2-6-16(21(34)8-13)25-28-11-22(30-31-25)33(15-4-5-15)20-9-14-3-7-19(29-14)24(20)27/h2,6,8,10-12,14-15,19-20,24,29,34H,3-5,7,9H2,1H3/t14-,19+,20+,24-/m1/s1. The number of nitrogens with one attached hydrogen (secondary N) is 1. The molecule has 182 valence electrons. The number of aryl methyl sites for hydroxylation is 1. The van der Waals surface area contributed by atoms with Crippen LogP contribution >= 0.6 is 0 Å². The topological polar surface area (TPSA) is 96.2 Å². The molecule has 0 radical (unpaired) electrons. The molecule has 1 saturated carbocycles. The maximum absolute atomic E-state index is 15.3. The minimum absolute atomic E-state index is 0.0983. The first-order chi connectivity index (χ1) is 16.9. The monoisotopic (exact) mass is 480 g/mol. The highest BCUT2D eigenvalue weighted by atomic mass is 19.1. The minimum atomic E-state index is -0.970. The molecular weight excluding hydrogens is 454 g/mol. The van der Waals surface area contributed by atoms with Gasteiger partial charge in [0.05, 0.1) is 17.8 Å². The van der Waals surface area contributed by atoms with Crippen molar-refractivity contribution in [3.8, 4) is 28.3 Å². The summed E-state index contributed by atoms with van der Waals surface area (Å²) in [5, 5.41) is 22.6. The molecule has 2 N–H and O–H groups in total. The molecule has 2 aliphatic heterocycles. The van der Waals surface area contributed by atoms with Gasteiger partial charge in [-0.25, -0.2) is 13.8 Å². The molecule has 0 unspecified atom stereocenters. The van der Waals surface area contributed by atoms with E-state index in [-0.39, 0.29) is 40.8 Å². The molecule has 0 spiro atoms. The Morgan fingerprint density at radius 3 is 2.69 bits per heavy atom. The smallest absolute Gasteiger partial charge is 0.251 e. The summed E-state index contributed by atoms with van der Waals surface area (Å²) in [6.07, 6.45) is 6.32. The van der Waals surface area contributed by atoms with Gasteiger partial charge in [-0.3, -0.25) is 4.79 Å². The molecule has 35 heavy (non-hydrogen) atoms. The molecule has 3 aliphatic rings. The highest BCUT2D eigenvalue weighted by Crippen LogP contribution is 2.40. The lowest BCUT2D eigenvalue weighted by Crippen LogP contribution is -2.57. The molecule has 8 nitrogen and oxygen atoms in total. The number of fused-ring (bicyclic) bond motifs is 2. The first-order valence-electron chi connectivity index (χ1n) is 12.0. The zero-order valence-corrected chi connectivity index (χ0v) is 19.2. The molecule has 4 heterocycles. The summed E-state index contributed by atoms with van der Waals surface area (Å²) in [5.74, 6) is 0.0258. The largest absolute Gasteiger partial charge is 0.507 e. The summed E-state index contributed by atoms with van der Waals surface area (Å²) in [6, 6.07) is 5.96. The number of phenolic OH excluding ortho intramolecular Hbond substituents is 1. The zero-order valence-electron chi connectivity index (χ0n) is 19.2. The number of pyridine rings is 1. The van der Waals surface area contributed by atoms with E-state index >= 15 is 4.39 Å². The fraction of sp³-hybridized carbons (Fsp3) is 0.440. The lowest BCUT2D eigenvalue weighted by Gasteiger charge is -2.40. The van der Waals surface area contributed by atoms with Gasteiger partial charge < -0.3 is 19.9 Å². The third-order valence-corrected chi connectivity index (χ3v) is 7.39. The van der Waals surface area contributed by atoms with Crippen LogP contribution in [0.15, 0.2) is 41.5 Å². The Morgan fingerprint density at radius 2 is 1.97 bits per heavy atom. The maximum Gasteiger partial charge on any atom is 0.251 e. The van der Waals surface area contributed by atoms with E-state index in [1.807, 2.05) is 0 Å². The molecule has 4 atom stereocenters. The van der Waals surface area contributed by atoms with Gasteiger partial charge in [0.1, 0.15) is 17.7 Å². The quantitative estimate of drug-likeness (QED) is 0.580. The van der Waals surface area contributed by atoms with Crippen molar-refractivity contribution in [1.82, 2.24) is 25.1 Å². The number of nitrogens with zero attached hydrogens (tertiary/aromatic N) is 5. The second kappa shape index (κ2) is 8.37. The van der Waals surface area contributed by atoms with Crippen LogP contribution in [0.4, 0.5) is 14.6 Å². The van der Waals surface area contributed by atoms with Crippen LogP contribution in [-0.4, -0.2) is 55.2 Å². The average Bonchev–Trinajstić information content (AvgIpc) is 3.59. The number of aromatic nitrogens is 4. The van der Waals surface area contributed by atoms with E-state index in [0.29, 0.717) is 23.0 Å². The Balaban J connectivity index is 1.28. The lowest BCUT2D eigenvalue weighted by molar-refractivity contribution is 0.171. The van der Waals surface area contributed by atoms with Gasteiger partial charge in [0.25, 0.3) is 5.56 Å². The lowest BCUT2D eigenvalue weighted by atomic mass is 9.96. The van der Waals surface area contributed by atoms with Gasteiger partial charge in [-0.05, 0) is 49.8 Å². The van der Waals surface area contributed by atoms with E-state index in [1.165, 1.54) is 19.2 Å². The molecule has 2 saturated heterocycles. The van der Waals surface area contributed by atoms with E-state index in [2.05, 4.69) is 25.4 Å². The Hall–Kier alpha value is -3.40. The van der Waals surface area contributed by atoms with E-state index < -0.39 is 12.0 Å². The Kier molecular flexibility index (Phi) is 5.28. The van der Waals surface area contributed by atoms with Crippen molar-refractivity contribution in [2.75, 3.05) is 4.90 Å². The molecule has 3 fully saturated rings. The second-order valence-electron chi connectivity index (χ2n) is 9.79. The van der Waals surface area contributed by atoms with Crippen molar-refractivity contribution in [2.45, 2.75) is 62.4 Å². The van der Waals surface area contributed by atoms with Crippen LogP contribution in [0.1, 0.15) is 32.1 Å². The van der Waals surface area contributed by atoms with Crippen LogP contribution in [0.2, 0.25) is 0 Å². The number of halogens is 2. The van der Waals surface area contributed by atoms with E-state index in [4.69, 9.17) is 0 Å². The second-order valence-corrected chi connectivity index (χ2v) is 9.79. The number of piperidine rings is 1. The predicted octanol–water partition coefficient (Wildman–Crippen LogP) is 2.95. The first-order valence-corrected chi connectivity index (χ1v) is 12.0. The number of aromatic hydroxyl groups is 1. The van der Waals surface area contributed by atoms with Crippen molar-refractivity contribution < 1.29 is 13.9 Å². The summed E-state index contributed by atoms with van der Waals surface area (Å²) in [7, 11) is 1.47. The van der Waals surface area contributed by atoms with Crippen LogP contribution in [0.5, 0.6) is 5.75 Å². The van der Waals surface area contributed by atoms with Crippen LogP contribution in [0, 0.1) is 5.82 Å². The molecular formula is C25H26F2N6O2. The van der Waals surface area contributed by atoms with Crippen molar-refractivity contribution in [3.05, 3.63) is 52.8 Å². The number of hydrogen-bond donors (Lipinski definition) is 2. The van der Waals surface area contributed by atoms with Crippen molar-refractivity contribution in [2.24, 2.45) is 7.05 Å². The van der Waals surface area contributed by atoms with E-state index in [0.717, 1.165) is 42.9 Å². The van der Waals surface area contributed by atoms with Gasteiger partial charge in [-0.15, -0.1) is 10.2 Å². The van der Waals surface area contributed by atoms with Gasteiger partial charge in [0, 0.05) is 43.0 Å². The number of phenols is 1. The highest BCUT2D eigenvalue weighted by Gasteiger charge is 2.48. The van der Waals surface area contributed by atoms with Gasteiger partial charge in [0.2, 0.25) is 0 Å². The highest BCUT2D eigenvalue weighted by molar-refractivity contribution is 5.73. The van der Waals surface area contributed by atoms with Crippen LogP contribution < -0.4 is 15.8 Å². The Morgan fingerprint density at radius 1 is 1.14 bits per heavy atom. The molecule has 2 bridgehead atoms. The minimum Gasteiger partial charge on any atom is -0.507 e. The summed E-state index contributed by atoms with van der Waals surface area (Å²) >= 11 is 0. The van der Waals surface area contributed by atoms with Crippen molar-refractivity contribution in [3.63, 3.8) is 0 Å². The third-order valence-electron chi connectivity index (χ3n) is 7.39. The molecule has 1 aliphatic carbocycles. The maximum atomic E-state index is 15.3. The van der Waals surface area contributed by atoms with Gasteiger partial charge >= 0.3 is 0 Å². The predicted molar refractivity (Wildman–Crippen MR) is 126 cm³/mol. The van der Waals surface area contributed by atoms with Gasteiger partial charge in [-0.2, -0.15) is 0 Å². The molecule has 6 rings (SSSR count). The van der Waals surface area contributed by atoms with E-state index in [9.17, 15) is 14.3 Å². The van der Waals surface area contributed by atoms with Gasteiger partial charge in [0.15, 0.2) is 11.6 Å². The van der Waals surface area contributed by atoms with Crippen LogP contribution in [0.25, 0.3) is 22.5 Å². The molecule has 2 aromatic heterocycles. The van der Waals surface area contributed by atoms with Crippen molar-refractivity contribution >= 4 is 5.82 Å². The fourth-order valence-corrected chi connectivity index (χ4v) is 5.44. The summed E-state index contributed by atoms with van der Waals surface area (Å²) in [5.41, 5.74) is 0.436. The van der Waals surface area contributed by atoms with Gasteiger partial charge in [-0.1, -0.05) is 6.07 Å². The Bertz CT molecular complexity index is 1330. The zero-order chi connectivity index (χ0) is 24.3. The summed E-state index contributed by atoms with van der Waals surface area (Å²) < 4.78 is 30.8. The van der Waals surface area contributed by atoms with Crippen LogP contribution in [0.3, 0.4) is 0 Å². The fourth-order valence-electron chi connectivity index (χ4n) is 5.44. The average molecular weight is 481 g/mol. The Labute approximate surface area is 200 Å². The SMILES string of the molecule is Cn1cc(F)c(-c2ccc(-c3ncc(N(C4CC4)[C@H]4C[C@H]5CC[C@H](N5)[C@H]4F)nn3)c(O)c2)cc1=O. The number of benzene rings is 1. The normalized spacial score (nSPS) is 25.6. The molecule has 3 aromatic rings. The third kappa shape index (κ3) is 3.95. The summed E-state index contributed by atoms with van der Waals surface area (Å²) in [6.45, 7) is 0. The molecule has 1 aromatic carbocycles. The number of alkyl halides is 1. The summed E-state index contributed by atoms with van der Waals surface area (Å²) in [4.78, 5) is 18.4. The van der Waals surface area contributed by atoms with Crippen LogP contribution in [-0.2, 0) is 7.05 Å². The molecule has 10 heteroatoms.